The van der Waals surface area contributed by atoms with Gasteiger partial charge in [0.25, 0.3) is 0 Å². The van der Waals surface area contributed by atoms with E-state index in [-0.39, 0.29) is 11.9 Å². The molecule has 0 aliphatic rings. The Bertz CT molecular complexity index is 564. The summed E-state index contributed by atoms with van der Waals surface area (Å²) in [7, 11) is 0. The lowest BCUT2D eigenvalue weighted by molar-refractivity contribution is -0.115. The summed E-state index contributed by atoms with van der Waals surface area (Å²) in [6, 6.07) is 18.4. The molecule has 2 aromatic rings. The molecule has 2 N–H and O–H groups in total. The van der Waals surface area contributed by atoms with Gasteiger partial charge in [0, 0.05) is 11.7 Å². The van der Waals surface area contributed by atoms with Crippen LogP contribution in [0.4, 0.5) is 5.69 Å². The van der Waals surface area contributed by atoms with Gasteiger partial charge in [-0.2, -0.15) is 0 Å². The number of carbonyl (C=O) groups excluding carboxylic acids is 1. The second kappa shape index (κ2) is 7.60. The van der Waals surface area contributed by atoms with Crippen molar-refractivity contribution in [2.24, 2.45) is 0 Å². The van der Waals surface area contributed by atoms with E-state index in [1.165, 1.54) is 11.1 Å². The van der Waals surface area contributed by atoms with Crippen molar-refractivity contribution in [3.8, 4) is 0 Å². The monoisotopic (exact) mass is 282 g/mol. The Hall–Kier alpha value is -2.13. The van der Waals surface area contributed by atoms with E-state index in [1.807, 2.05) is 49.4 Å². The lowest BCUT2D eigenvalue weighted by Crippen LogP contribution is -2.35. The maximum Gasteiger partial charge on any atom is 0.238 e. The molecule has 1 amide bonds. The first-order chi connectivity index (χ1) is 10.1. The zero-order valence-corrected chi connectivity index (χ0v) is 12.6. The molecule has 0 fully saturated rings. The zero-order valence-electron chi connectivity index (χ0n) is 12.6. The van der Waals surface area contributed by atoms with Gasteiger partial charge in [0.1, 0.15) is 0 Å². The van der Waals surface area contributed by atoms with Crippen molar-refractivity contribution < 1.29 is 4.79 Å². The van der Waals surface area contributed by atoms with E-state index in [1.54, 1.807) is 0 Å². The molecule has 1 atom stereocenters. The summed E-state index contributed by atoms with van der Waals surface area (Å²) in [6.45, 7) is 4.44. The molecule has 2 rings (SSSR count). The predicted octanol–water partition coefficient (Wildman–Crippen LogP) is 3.15. The lowest BCUT2D eigenvalue weighted by atomic mass is 10.1. The highest BCUT2D eigenvalue weighted by Crippen LogP contribution is 2.08. The van der Waals surface area contributed by atoms with Crippen LogP contribution in [0.2, 0.25) is 0 Å². The summed E-state index contributed by atoms with van der Waals surface area (Å²) in [4.78, 5) is 11.9. The van der Waals surface area contributed by atoms with Gasteiger partial charge in [0.15, 0.2) is 0 Å². The Morgan fingerprint density at radius 1 is 1.05 bits per heavy atom. The fourth-order valence-electron chi connectivity index (χ4n) is 2.15. The Morgan fingerprint density at radius 2 is 1.71 bits per heavy atom. The number of nitrogens with one attached hydrogen (secondary N) is 2. The number of amides is 1. The molecule has 1 unspecified atom stereocenters. The molecular weight excluding hydrogens is 260 g/mol. The molecular formula is C18H22N2O. The summed E-state index contributed by atoms with van der Waals surface area (Å²) >= 11 is 0. The third-order valence-corrected chi connectivity index (χ3v) is 3.33. The van der Waals surface area contributed by atoms with Gasteiger partial charge < -0.3 is 10.6 Å². The van der Waals surface area contributed by atoms with Crippen LogP contribution in [0.5, 0.6) is 0 Å². The van der Waals surface area contributed by atoms with Gasteiger partial charge in [-0.25, -0.2) is 0 Å². The first-order valence-electron chi connectivity index (χ1n) is 7.27. The van der Waals surface area contributed by atoms with E-state index in [9.17, 15) is 4.79 Å². The van der Waals surface area contributed by atoms with E-state index in [0.29, 0.717) is 6.54 Å². The first-order valence-corrected chi connectivity index (χ1v) is 7.27. The third kappa shape index (κ3) is 5.40. The van der Waals surface area contributed by atoms with Crippen molar-refractivity contribution in [3.63, 3.8) is 0 Å². The highest BCUT2D eigenvalue weighted by molar-refractivity contribution is 5.92. The topological polar surface area (TPSA) is 41.1 Å². The number of anilines is 1. The van der Waals surface area contributed by atoms with Gasteiger partial charge in [-0.15, -0.1) is 0 Å². The lowest BCUT2D eigenvalue weighted by Gasteiger charge is -2.14. The van der Waals surface area contributed by atoms with Crippen LogP contribution in [0.1, 0.15) is 18.1 Å². The van der Waals surface area contributed by atoms with Crippen LogP contribution < -0.4 is 10.6 Å². The van der Waals surface area contributed by atoms with E-state index in [0.717, 1.165) is 12.1 Å². The molecule has 0 aliphatic heterocycles. The minimum Gasteiger partial charge on any atom is -0.325 e. The standard InChI is InChI=1S/C18H22N2O/c1-14-8-10-17(11-9-14)20-18(21)13-19-15(2)12-16-6-4-3-5-7-16/h3-11,15,19H,12-13H2,1-2H3,(H,20,21). The molecule has 0 heterocycles. The van der Waals surface area contributed by atoms with Crippen molar-refractivity contribution in [2.45, 2.75) is 26.3 Å². The van der Waals surface area contributed by atoms with Gasteiger partial charge in [-0.3, -0.25) is 4.79 Å². The van der Waals surface area contributed by atoms with Crippen LogP contribution in [-0.4, -0.2) is 18.5 Å². The van der Waals surface area contributed by atoms with Crippen LogP contribution in [0, 0.1) is 6.92 Å². The van der Waals surface area contributed by atoms with Crippen molar-refractivity contribution >= 4 is 11.6 Å². The number of carbonyl (C=O) groups is 1. The second-order valence-corrected chi connectivity index (χ2v) is 5.39. The molecule has 110 valence electrons. The SMILES string of the molecule is Cc1ccc(NC(=O)CNC(C)Cc2ccccc2)cc1. The second-order valence-electron chi connectivity index (χ2n) is 5.39. The number of aryl methyl sites for hydroxylation is 1. The molecule has 0 radical (unpaired) electrons. The fraction of sp³-hybridized carbons (Fsp3) is 0.278. The molecule has 0 saturated heterocycles. The smallest absolute Gasteiger partial charge is 0.238 e. The molecule has 0 spiro atoms. The van der Waals surface area contributed by atoms with E-state index in [4.69, 9.17) is 0 Å². The summed E-state index contributed by atoms with van der Waals surface area (Å²) in [5, 5.41) is 6.14. The molecule has 0 bridgehead atoms. The Labute approximate surface area is 126 Å². The third-order valence-electron chi connectivity index (χ3n) is 3.33. The van der Waals surface area contributed by atoms with Crippen LogP contribution >= 0.6 is 0 Å². The molecule has 0 saturated carbocycles. The largest absolute Gasteiger partial charge is 0.325 e. The van der Waals surface area contributed by atoms with Gasteiger partial charge in [-0.05, 0) is 38.0 Å². The Morgan fingerprint density at radius 3 is 2.38 bits per heavy atom. The average Bonchev–Trinajstić information content (AvgIpc) is 2.49. The summed E-state index contributed by atoms with van der Waals surface area (Å²) in [5.74, 6) is -0.0150. The van der Waals surface area contributed by atoms with Gasteiger partial charge >= 0.3 is 0 Å². The highest BCUT2D eigenvalue weighted by Gasteiger charge is 2.06. The molecule has 3 nitrogen and oxygen atoms in total. The molecule has 21 heavy (non-hydrogen) atoms. The summed E-state index contributed by atoms with van der Waals surface area (Å²) < 4.78 is 0. The maximum atomic E-state index is 11.9. The van der Waals surface area contributed by atoms with Crippen molar-refractivity contribution in [1.29, 1.82) is 0 Å². The Kier molecular flexibility index (Phi) is 5.52. The van der Waals surface area contributed by atoms with Crippen LogP contribution in [0.15, 0.2) is 54.6 Å². The number of hydrogen-bond acceptors (Lipinski definition) is 2. The normalized spacial score (nSPS) is 11.9. The van der Waals surface area contributed by atoms with Gasteiger partial charge in [-0.1, -0.05) is 48.0 Å². The van der Waals surface area contributed by atoms with Crippen molar-refractivity contribution in [3.05, 3.63) is 65.7 Å². The molecule has 3 heteroatoms. The van der Waals surface area contributed by atoms with Crippen LogP contribution in [0.3, 0.4) is 0 Å². The fourth-order valence-corrected chi connectivity index (χ4v) is 2.15. The number of hydrogen-bond donors (Lipinski definition) is 2. The number of rotatable bonds is 6. The molecule has 0 aromatic heterocycles. The zero-order chi connectivity index (χ0) is 15.1. The van der Waals surface area contributed by atoms with E-state index < -0.39 is 0 Å². The summed E-state index contributed by atoms with van der Waals surface area (Å²) in [5.41, 5.74) is 3.29. The average molecular weight is 282 g/mol. The Balaban J connectivity index is 1.74. The quantitative estimate of drug-likeness (QED) is 0.854. The van der Waals surface area contributed by atoms with Crippen molar-refractivity contribution in [1.82, 2.24) is 5.32 Å². The van der Waals surface area contributed by atoms with Crippen molar-refractivity contribution in [2.75, 3.05) is 11.9 Å². The van der Waals surface area contributed by atoms with Crippen LogP contribution in [-0.2, 0) is 11.2 Å². The summed E-state index contributed by atoms with van der Waals surface area (Å²) in [6.07, 6.45) is 0.915. The van der Waals surface area contributed by atoms with E-state index in [2.05, 4.69) is 29.7 Å². The number of benzene rings is 2. The first kappa shape index (κ1) is 15.3. The minimum atomic E-state index is -0.0150. The highest BCUT2D eigenvalue weighted by atomic mass is 16.1. The van der Waals surface area contributed by atoms with Crippen LogP contribution in [0.25, 0.3) is 0 Å². The van der Waals surface area contributed by atoms with Gasteiger partial charge in [0.05, 0.1) is 6.54 Å². The van der Waals surface area contributed by atoms with E-state index >= 15 is 0 Å². The minimum absolute atomic E-state index is 0.0150. The predicted molar refractivity (Wildman–Crippen MR) is 87.4 cm³/mol. The van der Waals surface area contributed by atoms with Gasteiger partial charge in [0.2, 0.25) is 5.91 Å². The molecule has 2 aromatic carbocycles. The molecule has 0 aliphatic carbocycles. The maximum absolute atomic E-state index is 11.9.